The first-order valence-electron chi connectivity index (χ1n) is 5.69. The smallest absolute Gasteiger partial charge is 0.174 e. The molecule has 5 heteroatoms. The number of aryl methyl sites for hydroxylation is 1. The summed E-state index contributed by atoms with van der Waals surface area (Å²) >= 11 is 3.42. The number of aromatic nitrogens is 2. The van der Waals surface area contributed by atoms with E-state index in [1.165, 1.54) is 0 Å². The van der Waals surface area contributed by atoms with Crippen molar-refractivity contribution in [2.24, 2.45) is 0 Å². The van der Waals surface area contributed by atoms with Crippen molar-refractivity contribution in [2.45, 2.75) is 25.9 Å². The van der Waals surface area contributed by atoms with Gasteiger partial charge in [-0.05, 0) is 41.5 Å². The summed E-state index contributed by atoms with van der Waals surface area (Å²) in [6.45, 7) is 3.07. The van der Waals surface area contributed by atoms with E-state index >= 15 is 0 Å². The van der Waals surface area contributed by atoms with Crippen LogP contribution in [0.2, 0.25) is 0 Å². The average Bonchev–Trinajstić information content (AvgIpc) is 2.92. The predicted octanol–water partition coefficient (Wildman–Crippen LogP) is 2.96. The summed E-state index contributed by atoms with van der Waals surface area (Å²) in [5.74, 6) is 0. The van der Waals surface area contributed by atoms with Crippen molar-refractivity contribution in [1.82, 2.24) is 15.1 Å². The molecule has 17 heavy (non-hydrogen) atoms. The van der Waals surface area contributed by atoms with Gasteiger partial charge in [-0.2, -0.15) is 5.10 Å². The number of hydrogen-bond acceptors (Lipinski definition) is 3. The summed E-state index contributed by atoms with van der Waals surface area (Å²) in [7, 11) is 1.94. The Morgan fingerprint density at radius 2 is 2.35 bits per heavy atom. The van der Waals surface area contributed by atoms with E-state index in [9.17, 15) is 0 Å². The summed E-state index contributed by atoms with van der Waals surface area (Å²) in [6, 6.07) is 4.10. The van der Waals surface area contributed by atoms with E-state index in [1.807, 2.05) is 30.1 Å². The topological polar surface area (TPSA) is 43.0 Å². The molecular formula is C12H16BrN3O. The molecule has 0 aliphatic rings. The fraction of sp³-hybridized carbons (Fsp3) is 0.417. The van der Waals surface area contributed by atoms with Crippen LogP contribution < -0.4 is 5.32 Å². The van der Waals surface area contributed by atoms with Crippen molar-refractivity contribution in [3.8, 4) is 0 Å². The fourth-order valence-electron chi connectivity index (χ4n) is 1.96. The largest absolute Gasteiger partial charge is 0.457 e. The molecule has 0 aromatic carbocycles. The average molecular weight is 298 g/mol. The molecule has 2 aromatic rings. The summed E-state index contributed by atoms with van der Waals surface area (Å²) in [6.07, 6.45) is 4.59. The molecule has 0 spiro atoms. The van der Waals surface area contributed by atoms with Crippen LogP contribution in [-0.4, -0.2) is 16.8 Å². The highest BCUT2D eigenvalue weighted by atomic mass is 79.9. The maximum atomic E-state index is 5.29. The standard InChI is InChI=1S/C12H16BrN3O/c1-3-7-16-10(4-6-15-16)11(14-2)9-5-8-17-12(9)13/h4-6,8,11,14H,3,7H2,1-2H3. The maximum absolute atomic E-state index is 5.29. The zero-order chi connectivity index (χ0) is 12.3. The molecule has 0 fully saturated rings. The van der Waals surface area contributed by atoms with Crippen LogP contribution in [0.5, 0.6) is 0 Å². The van der Waals surface area contributed by atoms with Crippen LogP contribution >= 0.6 is 15.9 Å². The lowest BCUT2D eigenvalue weighted by molar-refractivity contribution is 0.511. The van der Waals surface area contributed by atoms with Crippen LogP contribution in [0.4, 0.5) is 0 Å². The molecule has 1 atom stereocenters. The number of nitrogens with zero attached hydrogens (tertiary/aromatic N) is 2. The summed E-state index contributed by atoms with van der Waals surface area (Å²) < 4.78 is 8.09. The van der Waals surface area contributed by atoms with Gasteiger partial charge in [0.2, 0.25) is 0 Å². The van der Waals surface area contributed by atoms with Crippen LogP contribution in [0.1, 0.15) is 30.6 Å². The van der Waals surface area contributed by atoms with Crippen molar-refractivity contribution in [3.05, 3.63) is 40.5 Å². The van der Waals surface area contributed by atoms with E-state index in [-0.39, 0.29) is 6.04 Å². The second-order valence-corrected chi connectivity index (χ2v) is 4.57. The Morgan fingerprint density at radius 1 is 1.53 bits per heavy atom. The SMILES string of the molecule is CCCn1nccc1C(NC)c1ccoc1Br. The zero-order valence-corrected chi connectivity index (χ0v) is 11.6. The first kappa shape index (κ1) is 12.4. The molecule has 92 valence electrons. The Kier molecular flexibility index (Phi) is 4.02. The molecule has 0 saturated carbocycles. The van der Waals surface area contributed by atoms with Gasteiger partial charge < -0.3 is 9.73 Å². The van der Waals surface area contributed by atoms with Crippen molar-refractivity contribution in [1.29, 1.82) is 0 Å². The minimum atomic E-state index is 0.0946. The van der Waals surface area contributed by atoms with Gasteiger partial charge in [-0.15, -0.1) is 0 Å². The van der Waals surface area contributed by atoms with Gasteiger partial charge in [0.05, 0.1) is 18.0 Å². The fourth-order valence-corrected chi connectivity index (χ4v) is 2.43. The molecule has 0 amide bonds. The molecule has 2 heterocycles. The Labute approximate surface area is 109 Å². The lowest BCUT2D eigenvalue weighted by atomic mass is 10.1. The third-order valence-electron chi connectivity index (χ3n) is 2.73. The van der Waals surface area contributed by atoms with Crippen LogP contribution in [0.3, 0.4) is 0 Å². The van der Waals surface area contributed by atoms with Crippen molar-refractivity contribution in [2.75, 3.05) is 7.05 Å². The van der Waals surface area contributed by atoms with Gasteiger partial charge in [-0.3, -0.25) is 4.68 Å². The van der Waals surface area contributed by atoms with Gasteiger partial charge in [0.25, 0.3) is 0 Å². The highest BCUT2D eigenvalue weighted by Crippen LogP contribution is 2.29. The van der Waals surface area contributed by atoms with E-state index in [4.69, 9.17) is 4.42 Å². The van der Waals surface area contributed by atoms with E-state index in [0.29, 0.717) is 0 Å². The molecule has 1 unspecified atom stereocenters. The number of furan rings is 1. The summed E-state index contributed by atoms with van der Waals surface area (Å²) in [5.41, 5.74) is 2.24. The lowest BCUT2D eigenvalue weighted by Crippen LogP contribution is -2.21. The van der Waals surface area contributed by atoms with Crippen molar-refractivity contribution >= 4 is 15.9 Å². The maximum Gasteiger partial charge on any atom is 0.174 e. The number of rotatable bonds is 5. The third kappa shape index (κ3) is 2.45. The van der Waals surface area contributed by atoms with Crippen molar-refractivity contribution in [3.63, 3.8) is 0 Å². The summed E-state index contributed by atoms with van der Waals surface area (Å²) in [5, 5.41) is 7.64. The number of hydrogen-bond donors (Lipinski definition) is 1. The minimum Gasteiger partial charge on any atom is -0.457 e. The van der Waals surface area contributed by atoms with Crippen LogP contribution in [0, 0.1) is 0 Å². The zero-order valence-electron chi connectivity index (χ0n) is 9.98. The van der Waals surface area contributed by atoms with Gasteiger partial charge >= 0.3 is 0 Å². The molecule has 4 nitrogen and oxygen atoms in total. The van der Waals surface area contributed by atoms with E-state index < -0.39 is 0 Å². The van der Waals surface area contributed by atoms with Crippen LogP contribution in [0.25, 0.3) is 0 Å². The van der Waals surface area contributed by atoms with Gasteiger partial charge in [0.1, 0.15) is 0 Å². The molecule has 0 radical (unpaired) electrons. The van der Waals surface area contributed by atoms with Crippen LogP contribution in [0.15, 0.2) is 33.7 Å². The second-order valence-electron chi connectivity index (χ2n) is 3.85. The number of nitrogens with one attached hydrogen (secondary N) is 1. The third-order valence-corrected chi connectivity index (χ3v) is 3.37. The Hall–Kier alpha value is -1.07. The Morgan fingerprint density at radius 3 is 2.94 bits per heavy atom. The molecular weight excluding hydrogens is 282 g/mol. The Bertz CT molecular complexity index is 478. The lowest BCUT2D eigenvalue weighted by Gasteiger charge is -2.17. The molecule has 0 saturated heterocycles. The second kappa shape index (κ2) is 5.51. The molecule has 1 N–H and O–H groups in total. The molecule has 0 aliphatic heterocycles. The number of halogens is 1. The Balaban J connectivity index is 2.35. The van der Waals surface area contributed by atoms with E-state index in [1.54, 1.807) is 6.26 Å². The molecule has 0 aliphatic carbocycles. The summed E-state index contributed by atoms with van der Waals surface area (Å²) in [4.78, 5) is 0. The molecule has 2 rings (SSSR count). The van der Waals surface area contributed by atoms with Gasteiger partial charge in [-0.25, -0.2) is 0 Å². The monoisotopic (exact) mass is 297 g/mol. The predicted molar refractivity (Wildman–Crippen MR) is 69.8 cm³/mol. The van der Waals surface area contributed by atoms with E-state index in [2.05, 4.69) is 33.3 Å². The van der Waals surface area contributed by atoms with Crippen LogP contribution in [-0.2, 0) is 6.54 Å². The highest BCUT2D eigenvalue weighted by Gasteiger charge is 2.20. The van der Waals surface area contributed by atoms with Gasteiger partial charge in [-0.1, -0.05) is 6.92 Å². The first-order valence-corrected chi connectivity index (χ1v) is 6.49. The van der Waals surface area contributed by atoms with E-state index in [0.717, 1.165) is 28.9 Å². The minimum absolute atomic E-state index is 0.0946. The molecule has 0 bridgehead atoms. The first-order chi connectivity index (χ1) is 8.27. The normalized spacial score (nSPS) is 12.9. The van der Waals surface area contributed by atoms with Gasteiger partial charge in [0.15, 0.2) is 4.67 Å². The molecule has 2 aromatic heterocycles. The quantitative estimate of drug-likeness (QED) is 0.923. The van der Waals surface area contributed by atoms with Crippen molar-refractivity contribution < 1.29 is 4.42 Å². The highest BCUT2D eigenvalue weighted by molar-refractivity contribution is 9.10. The van der Waals surface area contributed by atoms with Gasteiger partial charge in [0, 0.05) is 18.3 Å².